The van der Waals surface area contributed by atoms with E-state index in [1.807, 2.05) is 61.5 Å². The van der Waals surface area contributed by atoms with Gasteiger partial charge in [-0.05, 0) is 67.4 Å². The molecule has 0 bridgehead atoms. The van der Waals surface area contributed by atoms with E-state index in [9.17, 15) is 4.79 Å². The van der Waals surface area contributed by atoms with Crippen molar-refractivity contribution < 1.29 is 18.7 Å². The molecule has 3 aromatic carbocycles. The number of hydrogen-bond donors (Lipinski definition) is 1. The minimum Gasteiger partial charge on any atom is -0.486 e. The van der Waals surface area contributed by atoms with Crippen molar-refractivity contribution >= 4 is 5.91 Å². The smallest absolute Gasteiger partial charge is 0.251 e. The molecule has 33 heavy (non-hydrogen) atoms. The van der Waals surface area contributed by atoms with Gasteiger partial charge in [0, 0.05) is 23.2 Å². The van der Waals surface area contributed by atoms with E-state index >= 15 is 0 Å². The molecule has 7 nitrogen and oxygen atoms in total. The average molecular weight is 441 g/mol. The van der Waals surface area contributed by atoms with E-state index in [0.717, 1.165) is 28.2 Å². The Hall–Kier alpha value is -4.13. The number of rotatable bonds is 6. The van der Waals surface area contributed by atoms with Crippen LogP contribution >= 0.6 is 0 Å². The molecule has 1 N–H and O–H groups in total. The number of nitrogens with zero attached hydrogens (tertiary/aromatic N) is 2. The molecule has 1 aliphatic rings. The zero-order valence-electron chi connectivity index (χ0n) is 18.2. The van der Waals surface area contributed by atoms with Gasteiger partial charge in [0.1, 0.15) is 13.2 Å². The summed E-state index contributed by atoms with van der Waals surface area (Å²) in [5, 5.41) is 11.2. The van der Waals surface area contributed by atoms with Crippen molar-refractivity contribution in [2.45, 2.75) is 13.3 Å². The third kappa shape index (κ3) is 4.72. The first kappa shape index (κ1) is 20.8. The highest BCUT2D eigenvalue weighted by Crippen LogP contribution is 2.30. The van der Waals surface area contributed by atoms with Gasteiger partial charge in [-0.2, -0.15) is 0 Å². The van der Waals surface area contributed by atoms with E-state index in [1.165, 1.54) is 5.56 Å². The van der Waals surface area contributed by atoms with Crippen LogP contribution in [0.15, 0.2) is 71.1 Å². The number of hydrogen-bond acceptors (Lipinski definition) is 6. The van der Waals surface area contributed by atoms with Crippen LogP contribution < -0.4 is 14.8 Å². The van der Waals surface area contributed by atoms with Crippen LogP contribution in [0.2, 0.25) is 0 Å². The third-order valence-corrected chi connectivity index (χ3v) is 5.42. The molecule has 7 heteroatoms. The van der Waals surface area contributed by atoms with Gasteiger partial charge in [-0.3, -0.25) is 4.79 Å². The molecule has 0 atom stereocenters. The van der Waals surface area contributed by atoms with Crippen molar-refractivity contribution in [2.24, 2.45) is 0 Å². The number of nitrogens with one attached hydrogen (secondary N) is 1. The Kier molecular flexibility index (Phi) is 5.76. The molecule has 0 radical (unpaired) electrons. The van der Waals surface area contributed by atoms with Gasteiger partial charge in [-0.15, -0.1) is 10.2 Å². The van der Waals surface area contributed by atoms with E-state index in [2.05, 4.69) is 15.5 Å². The highest BCUT2D eigenvalue weighted by atomic mass is 16.6. The molecule has 0 saturated heterocycles. The number of ether oxygens (including phenoxy) is 2. The molecule has 0 saturated carbocycles. The fourth-order valence-corrected chi connectivity index (χ4v) is 3.58. The van der Waals surface area contributed by atoms with Crippen molar-refractivity contribution in [3.8, 4) is 34.4 Å². The molecule has 4 aromatic rings. The molecule has 1 aromatic heterocycles. The first-order chi connectivity index (χ1) is 16.2. The van der Waals surface area contributed by atoms with Gasteiger partial charge in [0.05, 0.1) is 0 Å². The van der Waals surface area contributed by atoms with Crippen LogP contribution in [-0.2, 0) is 6.42 Å². The van der Waals surface area contributed by atoms with Gasteiger partial charge in [-0.1, -0.05) is 23.8 Å². The van der Waals surface area contributed by atoms with Gasteiger partial charge in [0.2, 0.25) is 11.8 Å². The van der Waals surface area contributed by atoms with E-state index in [-0.39, 0.29) is 5.91 Å². The Balaban J connectivity index is 1.18. The number of carbonyl (C=O) groups is 1. The summed E-state index contributed by atoms with van der Waals surface area (Å²) in [5.74, 6) is 2.26. The normalized spacial score (nSPS) is 12.4. The molecule has 1 amide bonds. The molecule has 166 valence electrons. The lowest BCUT2D eigenvalue weighted by Gasteiger charge is -2.18. The molecule has 5 rings (SSSR count). The Morgan fingerprint density at radius 2 is 1.48 bits per heavy atom. The van der Waals surface area contributed by atoms with Crippen molar-refractivity contribution in [2.75, 3.05) is 19.8 Å². The van der Waals surface area contributed by atoms with Crippen molar-refractivity contribution in [3.63, 3.8) is 0 Å². The summed E-state index contributed by atoms with van der Waals surface area (Å²) in [6.45, 7) is 3.67. The number of amides is 1. The largest absolute Gasteiger partial charge is 0.486 e. The summed E-state index contributed by atoms with van der Waals surface area (Å²) in [5.41, 5.74) is 4.44. The highest BCUT2D eigenvalue weighted by Gasteiger charge is 2.13. The lowest BCUT2D eigenvalue weighted by atomic mass is 10.1. The number of aromatic nitrogens is 2. The minimum absolute atomic E-state index is 0.134. The number of carbonyl (C=O) groups excluding carboxylic acids is 1. The standard InChI is InChI=1S/C26H23N3O4/c1-17-2-5-20(6-3-17)25-28-29-26(33-25)21-9-7-19(8-10-21)24(30)27-13-12-18-4-11-22-23(16-18)32-15-14-31-22/h2-11,16H,12-15H2,1H3,(H,27,30). The number of fused-ring (bicyclic) bond motifs is 1. The number of benzene rings is 3. The van der Waals surface area contributed by atoms with Crippen molar-refractivity contribution in [3.05, 3.63) is 83.4 Å². The molecule has 0 aliphatic carbocycles. The summed E-state index contributed by atoms with van der Waals surface area (Å²) >= 11 is 0. The predicted octanol–water partition coefficient (Wildman–Crippen LogP) is 4.46. The van der Waals surface area contributed by atoms with Crippen LogP contribution in [0.5, 0.6) is 11.5 Å². The lowest BCUT2D eigenvalue weighted by molar-refractivity contribution is 0.0954. The third-order valence-electron chi connectivity index (χ3n) is 5.42. The summed E-state index contributed by atoms with van der Waals surface area (Å²) in [6, 6.07) is 20.9. The maximum atomic E-state index is 12.5. The maximum absolute atomic E-state index is 12.5. The zero-order valence-corrected chi connectivity index (χ0v) is 18.2. The Bertz CT molecular complexity index is 1260. The lowest BCUT2D eigenvalue weighted by Crippen LogP contribution is -2.25. The van der Waals surface area contributed by atoms with Crippen LogP contribution in [0.3, 0.4) is 0 Å². The van der Waals surface area contributed by atoms with Crippen LogP contribution in [0.25, 0.3) is 22.9 Å². The first-order valence-corrected chi connectivity index (χ1v) is 10.8. The van der Waals surface area contributed by atoms with E-state index in [1.54, 1.807) is 12.1 Å². The van der Waals surface area contributed by atoms with Gasteiger partial charge >= 0.3 is 0 Å². The monoisotopic (exact) mass is 441 g/mol. The maximum Gasteiger partial charge on any atom is 0.251 e. The topological polar surface area (TPSA) is 86.5 Å². The van der Waals surface area contributed by atoms with Crippen LogP contribution in [-0.4, -0.2) is 35.9 Å². The van der Waals surface area contributed by atoms with Crippen LogP contribution in [0.4, 0.5) is 0 Å². The molecule has 0 spiro atoms. The van der Waals surface area contributed by atoms with E-state index < -0.39 is 0 Å². The molecular weight excluding hydrogens is 418 g/mol. The second-order valence-corrected chi connectivity index (χ2v) is 7.84. The summed E-state index contributed by atoms with van der Waals surface area (Å²) in [6.07, 6.45) is 0.699. The summed E-state index contributed by atoms with van der Waals surface area (Å²) in [7, 11) is 0. The molecule has 0 unspecified atom stereocenters. The van der Waals surface area contributed by atoms with Crippen LogP contribution in [0.1, 0.15) is 21.5 Å². The van der Waals surface area contributed by atoms with Gasteiger partial charge < -0.3 is 19.2 Å². The SMILES string of the molecule is Cc1ccc(-c2nnc(-c3ccc(C(=O)NCCc4ccc5c(c4)OCCO5)cc3)o2)cc1. The zero-order chi connectivity index (χ0) is 22.6. The van der Waals surface area contributed by atoms with Gasteiger partial charge in [0.25, 0.3) is 5.91 Å². The Labute approximate surface area is 191 Å². The second kappa shape index (κ2) is 9.16. The highest BCUT2D eigenvalue weighted by molar-refractivity contribution is 5.94. The summed E-state index contributed by atoms with van der Waals surface area (Å²) < 4.78 is 17.0. The molecule has 2 heterocycles. The minimum atomic E-state index is -0.134. The quantitative estimate of drug-likeness (QED) is 0.476. The first-order valence-electron chi connectivity index (χ1n) is 10.8. The van der Waals surface area contributed by atoms with E-state index in [4.69, 9.17) is 13.9 Å². The molecule has 1 aliphatic heterocycles. The van der Waals surface area contributed by atoms with Crippen LogP contribution in [0, 0.1) is 6.92 Å². The Morgan fingerprint density at radius 3 is 2.18 bits per heavy atom. The fourth-order valence-electron chi connectivity index (χ4n) is 3.58. The predicted molar refractivity (Wildman–Crippen MR) is 123 cm³/mol. The van der Waals surface area contributed by atoms with Gasteiger partial charge in [-0.25, -0.2) is 0 Å². The Morgan fingerprint density at radius 1 is 0.848 bits per heavy atom. The number of aryl methyl sites for hydroxylation is 1. The average Bonchev–Trinajstić information content (AvgIpc) is 3.35. The molecular formula is C26H23N3O4. The van der Waals surface area contributed by atoms with Gasteiger partial charge in [0.15, 0.2) is 11.5 Å². The van der Waals surface area contributed by atoms with Crippen molar-refractivity contribution in [1.29, 1.82) is 0 Å². The van der Waals surface area contributed by atoms with E-state index in [0.29, 0.717) is 43.5 Å². The second-order valence-electron chi connectivity index (χ2n) is 7.84. The molecule has 0 fully saturated rings. The summed E-state index contributed by atoms with van der Waals surface area (Å²) in [4.78, 5) is 12.5. The van der Waals surface area contributed by atoms with Crippen molar-refractivity contribution in [1.82, 2.24) is 15.5 Å². The fraction of sp³-hybridized carbons (Fsp3) is 0.192.